The molecule has 14 heteroatoms. The molecule has 2 saturated carbocycles. The lowest BCUT2D eigenvalue weighted by Gasteiger charge is -2.63. The number of aromatic nitrogens is 1. The second-order valence-electron chi connectivity index (χ2n) is 19.7. The van der Waals surface area contributed by atoms with Gasteiger partial charge in [-0.2, -0.15) is 5.26 Å². The van der Waals surface area contributed by atoms with Crippen LogP contribution in [0.4, 0.5) is 5.69 Å². The van der Waals surface area contributed by atoms with E-state index in [-0.39, 0.29) is 59.0 Å². The van der Waals surface area contributed by atoms with Gasteiger partial charge in [-0.25, -0.2) is 4.98 Å². The molecule has 2 N–H and O–H groups in total. The smallest absolute Gasteiger partial charge is 0.270 e. The first-order chi connectivity index (χ1) is 29.9. The zero-order chi connectivity index (χ0) is 45.1. The molecule has 14 nitrogen and oxygen atoms in total. The van der Waals surface area contributed by atoms with Crippen molar-refractivity contribution in [3.8, 4) is 17.6 Å². The molecule has 8 rings (SSSR count). The number of nitriles is 1. The molecule has 0 spiro atoms. The molecule has 1 atom stereocenters. The summed E-state index contributed by atoms with van der Waals surface area (Å²) in [4.78, 5) is 74.6. The molecule has 1 aromatic heterocycles. The Hall–Kier alpha value is -5.81. The number of ether oxygens (including phenoxy) is 2. The molecular weight excluding hydrogens is 799 g/mol. The fraction of sp³-hybridized carbons (Fsp3) is 0.531. The molecule has 2 saturated heterocycles. The summed E-state index contributed by atoms with van der Waals surface area (Å²) in [5, 5.41) is 15.0. The second kappa shape index (κ2) is 16.7. The van der Waals surface area contributed by atoms with Gasteiger partial charge in [-0.05, 0) is 106 Å². The summed E-state index contributed by atoms with van der Waals surface area (Å²) >= 11 is 0. The van der Waals surface area contributed by atoms with Gasteiger partial charge in [0.2, 0.25) is 11.8 Å². The molecule has 2 aliphatic carbocycles. The van der Waals surface area contributed by atoms with E-state index in [4.69, 9.17) is 9.47 Å². The molecule has 63 heavy (non-hydrogen) atoms. The van der Waals surface area contributed by atoms with E-state index in [2.05, 4.69) is 73.0 Å². The Morgan fingerprint density at radius 1 is 0.921 bits per heavy atom. The van der Waals surface area contributed by atoms with E-state index >= 15 is 0 Å². The highest BCUT2D eigenvalue weighted by molar-refractivity contribution is 6.23. The van der Waals surface area contributed by atoms with Crippen LogP contribution in [0.1, 0.15) is 128 Å². The van der Waals surface area contributed by atoms with Gasteiger partial charge >= 0.3 is 0 Å². The van der Waals surface area contributed by atoms with E-state index in [1.54, 1.807) is 18.2 Å². The predicted molar refractivity (Wildman–Crippen MR) is 235 cm³/mol. The summed E-state index contributed by atoms with van der Waals surface area (Å²) in [6, 6.07) is 14.4. The number of rotatable bonds is 12. The van der Waals surface area contributed by atoms with Crippen LogP contribution in [-0.2, 0) is 9.59 Å². The van der Waals surface area contributed by atoms with Crippen molar-refractivity contribution in [3.63, 3.8) is 0 Å². The molecule has 5 amide bonds. The maximum absolute atomic E-state index is 13.6. The third-order valence-electron chi connectivity index (χ3n) is 14.3. The minimum Gasteiger partial charge on any atom is -0.490 e. The topological polar surface area (TPSA) is 174 Å². The van der Waals surface area contributed by atoms with E-state index in [1.807, 2.05) is 44.3 Å². The average molecular weight is 858 g/mol. The number of nitrogens with zero attached hydrogens (tertiary/aromatic N) is 5. The molecule has 3 aliphatic heterocycles. The number of hydrogen-bond acceptors (Lipinski definition) is 11. The third-order valence-corrected chi connectivity index (χ3v) is 14.3. The maximum Gasteiger partial charge on any atom is 0.270 e. The van der Waals surface area contributed by atoms with Gasteiger partial charge in [-0.1, -0.05) is 27.7 Å². The molecule has 3 aromatic rings. The van der Waals surface area contributed by atoms with Crippen LogP contribution < -0.4 is 25.0 Å². The SMILES string of the molecule is Cc1cc(OC2C(C)(C)C(NC(=O)c3ccc(N4CCC(CN(C(C)C)C5CC(Oc6ccc7c(c6)C(=O)N(C6CCC(=O)NC6=O)C7=O)C5)CC4)cn3)C2(C)C)cc(C)c1C#N. The van der Waals surface area contributed by atoms with Crippen molar-refractivity contribution < 1.29 is 33.4 Å². The molecule has 5 aliphatic rings. The highest BCUT2D eigenvalue weighted by Crippen LogP contribution is 2.55. The summed E-state index contributed by atoms with van der Waals surface area (Å²) in [6.45, 7) is 19.6. The average Bonchev–Trinajstić information content (AvgIpc) is 3.47. The van der Waals surface area contributed by atoms with Gasteiger partial charge in [0, 0.05) is 67.9 Å². The van der Waals surface area contributed by atoms with Crippen molar-refractivity contribution in [2.24, 2.45) is 16.7 Å². The maximum atomic E-state index is 13.6. The Kier molecular flexibility index (Phi) is 11.6. The number of nitrogens with one attached hydrogen (secondary N) is 2. The van der Waals surface area contributed by atoms with Crippen LogP contribution in [0.3, 0.4) is 0 Å². The highest BCUT2D eigenvalue weighted by atomic mass is 16.5. The molecule has 4 heterocycles. The molecule has 0 bridgehead atoms. The van der Waals surface area contributed by atoms with Crippen molar-refractivity contribution in [3.05, 3.63) is 82.2 Å². The van der Waals surface area contributed by atoms with Crippen LogP contribution in [0, 0.1) is 41.9 Å². The monoisotopic (exact) mass is 857 g/mol. The Balaban J connectivity index is 0.797. The van der Waals surface area contributed by atoms with Gasteiger partial charge in [-0.3, -0.25) is 39.1 Å². The summed E-state index contributed by atoms with van der Waals surface area (Å²) < 4.78 is 12.9. The number of amides is 5. The fourth-order valence-corrected chi connectivity index (χ4v) is 11.1. The zero-order valence-corrected chi connectivity index (χ0v) is 37.6. The number of piperidine rings is 2. The van der Waals surface area contributed by atoms with E-state index in [9.17, 15) is 29.2 Å². The number of carbonyl (C=O) groups is 5. The van der Waals surface area contributed by atoms with E-state index in [0.29, 0.717) is 35.0 Å². The summed E-state index contributed by atoms with van der Waals surface area (Å²) in [5.74, 6) is -0.513. The van der Waals surface area contributed by atoms with Gasteiger partial charge < -0.3 is 19.7 Å². The van der Waals surface area contributed by atoms with Crippen LogP contribution in [0.25, 0.3) is 0 Å². The molecule has 332 valence electrons. The van der Waals surface area contributed by atoms with Crippen molar-refractivity contribution >= 4 is 35.2 Å². The number of pyridine rings is 1. The third kappa shape index (κ3) is 8.16. The van der Waals surface area contributed by atoms with Gasteiger partial charge in [0.05, 0.1) is 34.6 Å². The van der Waals surface area contributed by atoms with Crippen LogP contribution in [-0.4, -0.2) is 100 Å². The minimum absolute atomic E-state index is 0.0152. The van der Waals surface area contributed by atoms with Gasteiger partial charge in [0.15, 0.2) is 0 Å². The predicted octanol–water partition coefficient (Wildman–Crippen LogP) is 6.12. The summed E-state index contributed by atoms with van der Waals surface area (Å²) in [7, 11) is 0. The number of fused-ring (bicyclic) bond motifs is 1. The first-order valence-electron chi connectivity index (χ1n) is 22.3. The molecule has 2 aromatic carbocycles. The van der Waals surface area contributed by atoms with E-state index in [1.165, 1.54) is 0 Å². The van der Waals surface area contributed by atoms with Crippen LogP contribution in [0.2, 0.25) is 0 Å². The van der Waals surface area contributed by atoms with Gasteiger partial charge in [-0.15, -0.1) is 0 Å². The summed E-state index contributed by atoms with van der Waals surface area (Å²) in [5.41, 5.74) is 3.60. The van der Waals surface area contributed by atoms with Crippen LogP contribution >= 0.6 is 0 Å². The van der Waals surface area contributed by atoms with E-state index < -0.39 is 29.7 Å². The molecule has 1 unspecified atom stereocenters. The number of imide groups is 2. The Bertz CT molecular complexity index is 2330. The number of anilines is 1. The molecular formula is C49H59N7O7. The Morgan fingerprint density at radius 3 is 2.19 bits per heavy atom. The first-order valence-corrected chi connectivity index (χ1v) is 22.3. The van der Waals surface area contributed by atoms with Crippen molar-refractivity contribution in [2.75, 3.05) is 24.5 Å². The number of hydrogen-bond donors (Lipinski definition) is 2. The van der Waals surface area contributed by atoms with Crippen molar-refractivity contribution in [1.29, 1.82) is 5.26 Å². The van der Waals surface area contributed by atoms with Crippen molar-refractivity contribution in [2.45, 2.75) is 130 Å². The quantitative estimate of drug-likeness (QED) is 0.201. The second-order valence-corrected chi connectivity index (χ2v) is 19.7. The Morgan fingerprint density at radius 2 is 1.59 bits per heavy atom. The molecule has 4 fully saturated rings. The van der Waals surface area contributed by atoms with Crippen LogP contribution in [0.5, 0.6) is 11.5 Å². The number of carbonyl (C=O) groups excluding carboxylic acids is 5. The fourth-order valence-electron chi connectivity index (χ4n) is 11.1. The molecule has 0 radical (unpaired) electrons. The standard InChI is InChI=1S/C49H59N7O7/c1-27(2)55(32-21-35(22-32)62-33-10-11-36-37(23-33)45(61)56(44(36)60)40-13-14-41(57)52-43(40)59)26-30-15-17-54(18-16-30)31-9-12-39(51-25-31)42(58)53-46-48(5,6)47(49(46,7)8)63-34-19-28(3)38(24-50)29(4)20-34/h9-12,19-20,23,25,27,30,32,35,40,46-47H,13-18,21-22,26H2,1-8H3,(H,53,58)(H,52,57,59). The zero-order valence-electron chi connectivity index (χ0n) is 37.6. The first kappa shape index (κ1) is 43.8. The Labute approximate surface area is 369 Å². The lowest BCUT2D eigenvalue weighted by atomic mass is 9.49. The normalized spacial score (nSPS) is 25.3. The van der Waals surface area contributed by atoms with Gasteiger partial charge in [0.25, 0.3) is 17.7 Å². The lowest BCUT2D eigenvalue weighted by molar-refractivity contribution is -0.164. The largest absolute Gasteiger partial charge is 0.490 e. The number of aryl methyl sites for hydroxylation is 2. The van der Waals surface area contributed by atoms with Crippen LogP contribution in [0.15, 0.2) is 48.7 Å². The minimum atomic E-state index is -1.00. The van der Waals surface area contributed by atoms with Gasteiger partial charge in [0.1, 0.15) is 35.4 Å². The lowest BCUT2D eigenvalue weighted by Crippen LogP contribution is -2.74. The van der Waals surface area contributed by atoms with Crippen molar-refractivity contribution in [1.82, 2.24) is 25.4 Å². The number of benzene rings is 2. The highest BCUT2D eigenvalue weighted by Gasteiger charge is 2.64. The van der Waals surface area contributed by atoms with E-state index in [0.717, 1.165) is 72.8 Å². The summed E-state index contributed by atoms with van der Waals surface area (Å²) in [6.07, 6.45) is 5.64.